The molecule has 1 amide bonds. The lowest BCUT2D eigenvalue weighted by Crippen LogP contribution is -2.36. The fourth-order valence-electron chi connectivity index (χ4n) is 4.86. The van der Waals surface area contributed by atoms with Crippen LogP contribution in [-0.2, 0) is 21.9 Å². The predicted octanol–water partition coefficient (Wildman–Crippen LogP) is 3.37. The van der Waals surface area contributed by atoms with Crippen LogP contribution in [0.1, 0.15) is 50.8 Å². The first-order chi connectivity index (χ1) is 15.9. The number of anilines is 1. The van der Waals surface area contributed by atoms with E-state index in [0.717, 1.165) is 38.6 Å². The van der Waals surface area contributed by atoms with E-state index in [1.54, 1.807) is 12.1 Å². The molecule has 0 spiro atoms. The molecule has 1 N–H and O–H groups in total. The molecular formula is C24H34N4O4S. The van der Waals surface area contributed by atoms with Gasteiger partial charge in [-0.25, -0.2) is 8.42 Å². The first-order valence-corrected chi connectivity index (χ1v) is 13.3. The smallest absolute Gasteiger partial charge is 0.246 e. The van der Waals surface area contributed by atoms with E-state index in [4.69, 9.17) is 4.74 Å². The molecule has 33 heavy (non-hydrogen) atoms. The van der Waals surface area contributed by atoms with Gasteiger partial charge in [0.25, 0.3) is 0 Å². The van der Waals surface area contributed by atoms with E-state index >= 15 is 0 Å². The highest BCUT2D eigenvalue weighted by atomic mass is 32.2. The van der Waals surface area contributed by atoms with Crippen molar-refractivity contribution in [3.8, 4) is 5.75 Å². The first-order valence-electron chi connectivity index (χ1n) is 11.8. The number of aromatic nitrogens is 1. The summed E-state index contributed by atoms with van der Waals surface area (Å²) in [5, 5.41) is 2.91. The zero-order valence-electron chi connectivity index (χ0n) is 19.5. The minimum Gasteiger partial charge on any atom is -0.492 e. The number of likely N-dealkylation sites (tertiary alicyclic amines) is 1. The van der Waals surface area contributed by atoms with Gasteiger partial charge in [-0.2, -0.15) is 4.31 Å². The van der Waals surface area contributed by atoms with Crippen molar-refractivity contribution in [2.75, 3.05) is 38.1 Å². The molecule has 8 nitrogen and oxygen atoms in total. The van der Waals surface area contributed by atoms with Gasteiger partial charge in [0.05, 0.1) is 19.2 Å². The van der Waals surface area contributed by atoms with Crippen LogP contribution in [0.25, 0.3) is 0 Å². The van der Waals surface area contributed by atoms with Gasteiger partial charge in [0.15, 0.2) is 0 Å². The SMILES string of the molecule is CCOc1ccc(NC(=O)CN2CCC[C@@H]2c2cccn2C)cc1S(=O)(=O)N1CCCCC1. The molecule has 0 radical (unpaired) electrons. The number of piperidine rings is 1. The van der Waals surface area contributed by atoms with Gasteiger partial charge in [0, 0.05) is 37.7 Å². The van der Waals surface area contributed by atoms with Crippen LogP contribution in [0, 0.1) is 0 Å². The van der Waals surface area contributed by atoms with Gasteiger partial charge in [-0.3, -0.25) is 9.69 Å². The number of carbonyl (C=O) groups is 1. The number of nitrogens with zero attached hydrogens (tertiary/aromatic N) is 3. The van der Waals surface area contributed by atoms with Crippen LogP contribution in [0.5, 0.6) is 5.75 Å². The van der Waals surface area contributed by atoms with Gasteiger partial charge in [-0.1, -0.05) is 6.42 Å². The Hall–Kier alpha value is -2.36. The number of amides is 1. The summed E-state index contributed by atoms with van der Waals surface area (Å²) in [6, 6.07) is 9.22. The number of carbonyl (C=O) groups excluding carboxylic acids is 1. The van der Waals surface area contributed by atoms with Crippen LogP contribution in [-0.4, -0.2) is 60.9 Å². The molecule has 2 saturated heterocycles. The van der Waals surface area contributed by atoms with Gasteiger partial charge >= 0.3 is 0 Å². The van der Waals surface area contributed by atoms with Gasteiger partial charge in [-0.15, -0.1) is 0 Å². The summed E-state index contributed by atoms with van der Waals surface area (Å²) < 4.78 is 35.9. The molecule has 0 unspecified atom stereocenters. The van der Waals surface area contributed by atoms with Gasteiger partial charge in [-0.05, 0) is 69.5 Å². The summed E-state index contributed by atoms with van der Waals surface area (Å²) in [7, 11) is -1.67. The molecule has 2 fully saturated rings. The molecule has 2 aromatic rings. The Kier molecular flexibility index (Phi) is 7.41. The monoisotopic (exact) mass is 474 g/mol. The topological polar surface area (TPSA) is 83.9 Å². The van der Waals surface area contributed by atoms with Crippen LogP contribution < -0.4 is 10.1 Å². The second-order valence-corrected chi connectivity index (χ2v) is 10.7. The summed E-state index contributed by atoms with van der Waals surface area (Å²) >= 11 is 0. The second-order valence-electron chi connectivity index (χ2n) is 8.78. The second kappa shape index (κ2) is 10.3. The van der Waals surface area contributed by atoms with E-state index in [1.807, 2.05) is 26.2 Å². The molecule has 1 atom stereocenters. The Balaban J connectivity index is 1.50. The van der Waals surface area contributed by atoms with E-state index in [1.165, 1.54) is 16.1 Å². The van der Waals surface area contributed by atoms with E-state index in [2.05, 4.69) is 20.9 Å². The van der Waals surface area contributed by atoms with Crippen molar-refractivity contribution < 1.29 is 17.9 Å². The third-order valence-electron chi connectivity index (χ3n) is 6.50. The van der Waals surface area contributed by atoms with Crippen molar-refractivity contribution in [1.82, 2.24) is 13.8 Å². The Morgan fingerprint density at radius 3 is 2.61 bits per heavy atom. The summed E-state index contributed by atoms with van der Waals surface area (Å²) in [4.78, 5) is 15.2. The maximum Gasteiger partial charge on any atom is 0.246 e. The van der Waals surface area contributed by atoms with Crippen molar-refractivity contribution in [2.24, 2.45) is 7.05 Å². The van der Waals surface area contributed by atoms with E-state index < -0.39 is 10.0 Å². The summed E-state index contributed by atoms with van der Waals surface area (Å²) in [5.41, 5.74) is 1.67. The number of hydrogen-bond donors (Lipinski definition) is 1. The van der Waals surface area contributed by atoms with E-state index in [0.29, 0.717) is 31.1 Å². The molecule has 4 rings (SSSR count). The molecule has 1 aromatic heterocycles. The molecule has 1 aromatic carbocycles. The molecule has 3 heterocycles. The normalized spacial score (nSPS) is 20.1. The lowest BCUT2D eigenvalue weighted by atomic mass is 10.1. The Labute approximate surface area is 196 Å². The van der Waals surface area contributed by atoms with Crippen molar-refractivity contribution in [3.05, 3.63) is 42.2 Å². The van der Waals surface area contributed by atoms with Crippen molar-refractivity contribution >= 4 is 21.6 Å². The fourth-order valence-corrected chi connectivity index (χ4v) is 6.54. The van der Waals surface area contributed by atoms with Crippen LogP contribution in [0.15, 0.2) is 41.4 Å². The van der Waals surface area contributed by atoms with Gasteiger partial charge in [0.2, 0.25) is 15.9 Å². The molecule has 2 aliphatic rings. The Bertz CT molecular complexity index is 1080. The van der Waals surface area contributed by atoms with E-state index in [-0.39, 0.29) is 23.4 Å². The van der Waals surface area contributed by atoms with Gasteiger partial charge in [0.1, 0.15) is 10.6 Å². The zero-order valence-corrected chi connectivity index (χ0v) is 20.3. The number of benzene rings is 1. The predicted molar refractivity (Wildman–Crippen MR) is 128 cm³/mol. The van der Waals surface area contributed by atoms with Crippen LogP contribution >= 0.6 is 0 Å². The maximum absolute atomic E-state index is 13.3. The summed E-state index contributed by atoms with van der Waals surface area (Å²) in [5.74, 6) is 0.172. The average Bonchev–Trinajstić information content (AvgIpc) is 3.43. The third kappa shape index (κ3) is 5.26. The average molecular weight is 475 g/mol. The summed E-state index contributed by atoms with van der Waals surface area (Å²) in [6.45, 7) is 4.34. The highest BCUT2D eigenvalue weighted by Crippen LogP contribution is 2.33. The number of aryl methyl sites for hydroxylation is 1. The highest BCUT2D eigenvalue weighted by molar-refractivity contribution is 7.89. The number of nitrogens with one attached hydrogen (secondary N) is 1. The maximum atomic E-state index is 13.3. The Morgan fingerprint density at radius 2 is 1.91 bits per heavy atom. The minimum atomic E-state index is -3.69. The highest BCUT2D eigenvalue weighted by Gasteiger charge is 2.31. The van der Waals surface area contributed by atoms with Crippen molar-refractivity contribution in [3.63, 3.8) is 0 Å². The van der Waals surface area contributed by atoms with Crippen LogP contribution in [0.2, 0.25) is 0 Å². The van der Waals surface area contributed by atoms with E-state index in [9.17, 15) is 13.2 Å². The largest absolute Gasteiger partial charge is 0.492 e. The number of hydrogen-bond acceptors (Lipinski definition) is 5. The first kappa shape index (κ1) is 23.8. The third-order valence-corrected chi connectivity index (χ3v) is 8.42. The van der Waals surface area contributed by atoms with Crippen LogP contribution in [0.3, 0.4) is 0 Å². The zero-order chi connectivity index (χ0) is 23.4. The quantitative estimate of drug-likeness (QED) is 0.634. The summed E-state index contributed by atoms with van der Waals surface area (Å²) in [6.07, 6.45) is 6.85. The van der Waals surface area contributed by atoms with Crippen molar-refractivity contribution in [1.29, 1.82) is 0 Å². The molecule has 9 heteroatoms. The standard InChI is InChI=1S/C24H34N4O4S/c1-3-32-22-12-11-19(17-23(22)33(30,31)28-15-5-4-6-16-28)25-24(29)18-27-14-8-10-21(27)20-9-7-13-26(20)2/h7,9,11-13,17,21H,3-6,8,10,14-16,18H2,1-2H3,(H,25,29)/t21-/m1/s1. The molecule has 0 aliphatic carbocycles. The molecule has 180 valence electrons. The lowest BCUT2D eigenvalue weighted by Gasteiger charge is -2.27. The van der Waals surface area contributed by atoms with Gasteiger partial charge < -0.3 is 14.6 Å². The molecule has 0 saturated carbocycles. The molecule has 0 bridgehead atoms. The van der Waals surface area contributed by atoms with Crippen LogP contribution in [0.4, 0.5) is 5.69 Å². The fraction of sp³-hybridized carbons (Fsp3) is 0.542. The van der Waals surface area contributed by atoms with Crippen molar-refractivity contribution in [2.45, 2.75) is 50.0 Å². The lowest BCUT2D eigenvalue weighted by molar-refractivity contribution is -0.117. The Morgan fingerprint density at radius 1 is 1.12 bits per heavy atom. The number of rotatable bonds is 8. The molecular weight excluding hydrogens is 440 g/mol. The molecule has 2 aliphatic heterocycles. The number of ether oxygens (including phenoxy) is 1. The minimum absolute atomic E-state index is 0.118. The number of sulfonamides is 1.